The molecule has 4 nitrogen and oxygen atoms in total. The zero-order valence-electron chi connectivity index (χ0n) is 11.9. The third-order valence-corrected chi connectivity index (χ3v) is 3.98. The number of aromatic nitrogens is 1. The van der Waals surface area contributed by atoms with Gasteiger partial charge in [0.25, 0.3) is 5.91 Å². The minimum absolute atomic E-state index is 0.211. The van der Waals surface area contributed by atoms with Crippen molar-refractivity contribution in [3.05, 3.63) is 65.7 Å². The molecule has 0 spiro atoms. The summed E-state index contributed by atoms with van der Waals surface area (Å²) in [5.41, 5.74) is 2.10. The Morgan fingerprint density at radius 2 is 1.95 bits per heavy atom. The highest BCUT2D eigenvalue weighted by atomic mass is 32.1. The molecule has 0 fully saturated rings. The van der Waals surface area contributed by atoms with E-state index in [1.54, 1.807) is 12.5 Å². The molecule has 5 heteroatoms. The molecule has 3 aromatic rings. The Morgan fingerprint density at radius 1 is 1.14 bits per heavy atom. The highest BCUT2D eigenvalue weighted by Crippen LogP contribution is 2.27. The fraction of sp³-hybridized carbons (Fsp3) is 0.0588. The Morgan fingerprint density at radius 3 is 2.73 bits per heavy atom. The Bertz CT molecular complexity index is 784. The van der Waals surface area contributed by atoms with Crippen molar-refractivity contribution in [2.24, 2.45) is 0 Å². The van der Waals surface area contributed by atoms with E-state index >= 15 is 0 Å². The molecular formula is C17H14N2O2S. The van der Waals surface area contributed by atoms with Crippen LogP contribution >= 0.6 is 11.3 Å². The number of ether oxygens (including phenoxy) is 1. The lowest BCUT2D eigenvalue weighted by Gasteiger charge is -2.02. The highest BCUT2D eigenvalue weighted by molar-refractivity contribution is 7.13. The van der Waals surface area contributed by atoms with Crippen LogP contribution in [0, 0.1) is 0 Å². The molecule has 1 N–H and O–H groups in total. The summed E-state index contributed by atoms with van der Waals surface area (Å²) in [7, 11) is 1.62. The summed E-state index contributed by atoms with van der Waals surface area (Å²) in [4.78, 5) is 16.6. The van der Waals surface area contributed by atoms with Gasteiger partial charge in [0.15, 0.2) is 0 Å². The molecule has 1 heterocycles. The van der Waals surface area contributed by atoms with E-state index in [1.165, 1.54) is 11.3 Å². The van der Waals surface area contributed by atoms with Crippen LogP contribution in [0.3, 0.4) is 0 Å². The summed E-state index contributed by atoms with van der Waals surface area (Å²) in [6, 6.07) is 17.0. The summed E-state index contributed by atoms with van der Waals surface area (Å²) in [6.45, 7) is 0. The van der Waals surface area contributed by atoms with Gasteiger partial charge in [-0.05, 0) is 24.3 Å². The molecule has 0 radical (unpaired) electrons. The molecule has 0 aliphatic heterocycles. The lowest BCUT2D eigenvalue weighted by molar-refractivity contribution is 0.102. The van der Waals surface area contributed by atoms with Crippen molar-refractivity contribution in [2.75, 3.05) is 12.4 Å². The fourth-order valence-electron chi connectivity index (χ4n) is 1.98. The molecule has 0 unspecified atom stereocenters. The molecule has 0 aliphatic carbocycles. The Balaban J connectivity index is 1.79. The van der Waals surface area contributed by atoms with E-state index in [2.05, 4.69) is 10.3 Å². The molecule has 0 aliphatic rings. The first kappa shape index (κ1) is 14.3. The zero-order valence-corrected chi connectivity index (χ0v) is 12.8. The third kappa shape index (κ3) is 3.15. The average molecular weight is 310 g/mol. The molecule has 3 rings (SSSR count). The number of thiazole rings is 1. The minimum Gasteiger partial charge on any atom is -0.497 e. The van der Waals surface area contributed by atoms with Gasteiger partial charge in [-0.2, -0.15) is 0 Å². The first-order valence-corrected chi connectivity index (χ1v) is 7.60. The van der Waals surface area contributed by atoms with Crippen molar-refractivity contribution < 1.29 is 9.53 Å². The average Bonchev–Trinajstić information content (AvgIpc) is 3.06. The quantitative estimate of drug-likeness (QED) is 0.790. The van der Waals surface area contributed by atoms with Crippen LogP contribution in [0.4, 0.5) is 5.69 Å². The monoisotopic (exact) mass is 310 g/mol. The van der Waals surface area contributed by atoms with Crippen LogP contribution in [0.2, 0.25) is 0 Å². The predicted molar refractivity (Wildman–Crippen MR) is 88.5 cm³/mol. The lowest BCUT2D eigenvalue weighted by Crippen LogP contribution is -2.12. The van der Waals surface area contributed by atoms with Crippen LogP contribution in [0.5, 0.6) is 5.75 Å². The Labute approximate surface area is 132 Å². The molecule has 0 atom stereocenters. The number of anilines is 1. The normalized spacial score (nSPS) is 10.2. The summed E-state index contributed by atoms with van der Waals surface area (Å²) in [5, 5.41) is 5.37. The van der Waals surface area contributed by atoms with E-state index < -0.39 is 0 Å². The van der Waals surface area contributed by atoms with E-state index in [1.807, 2.05) is 54.6 Å². The molecule has 22 heavy (non-hydrogen) atoms. The SMILES string of the molecule is COc1cccc(-c2nc(C(=O)Nc3ccccc3)cs2)c1. The predicted octanol–water partition coefficient (Wildman–Crippen LogP) is 4.07. The van der Waals surface area contributed by atoms with Gasteiger partial charge in [0.1, 0.15) is 16.5 Å². The van der Waals surface area contributed by atoms with Crippen molar-refractivity contribution in [3.63, 3.8) is 0 Å². The van der Waals surface area contributed by atoms with Gasteiger partial charge in [0, 0.05) is 16.6 Å². The van der Waals surface area contributed by atoms with Gasteiger partial charge < -0.3 is 10.1 Å². The van der Waals surface area contributed by atoms with Gasteiger partial charge in [-0.15, -0.1) is 11.3 Å². The van der Waals surface area contributed by atoms with E-state index in [0.717, 1.165) is 22.0 Å². The van der Waals surface area contributed by atoms with E-state index in [0.29, 0.717) is 5.69 Å². The number of hydrogen-bond donors (Lipinski definition) is 1. The van der Waals surface area contributed by atoms with Gasteiger partial charge in [0.05, 0.1) is 7.11 Å². The Kier molecular flexibility index (Phi) is 4.16. The second-order valence-corrected chi connectivity index (χ2v) is 5.45. The Hall–Kier alpha value is -2.66. The summed E-state index contributed by atoms with van der Waals surface area (Å²) in [5.74, 6) is 0.555. The van der Waals surface area contributed by atoms with Gasteiger partial charge in [-0.1, -0.05) is 30.3 Å². The van der Waals surface area contributed by atoms with Gasteiger partial charge >= 0.3 is 0 Å². The molecule has 2 aromatic carbocycles. The number of carbonyl (C=O) groups is 1. The van der Waals surface area contributed by atoms with Gasteiger partial charge in [-0.25, -0.2) is 4.98 Å². The maximum Gasteiger partial charge on any atom is 0.275 e. The van der Waals surface area contributed by atoms with E-state index in [9.17, 15) is 4.79 Å². The third-order valence-electron chi connectivity index (χ3n) is 3.09. The van der Waals surface area contributed by atoms with Gasteiger partial charge in [0.2, 0.25) is 0 Å². The van der Waals surface area contributed by atoms with Crippen molar-refractivity contribution in [1.82, 2.24) is 4.98 Å². The van der Waals surface area contributed by atoms with E-state index in [4.69, 9.17) is 4.74 Å². The molecule has 0 bridgehead atoms. The standard InChI is InChI=1S/C17H14N2O2S/c1-21-14-9-5-6-12(10-14)17-19-15(11-22-17)16(20)18-13-7-3-2-4-8-13/h2-11H,1H3,(H,18,20). The number of hydrogen-bond acceptors (Lipinski definition) is 4. The molecule has 110 valence electrons. The molecular weight excluding hydrogens is 296 g/mol. The van der Waals surface area contributed by atoms with Crippen molar-refractivity contribution in [2.45, 2.75) is 0 Å². The number of methoxy groups -OCH3 is 1. The van der Waals surface area contributed by atoms with Crippen LogP contribution in [-0.2, 0) is 0 Å². The maximum absolute atomic E-state index is 12.2. The number of para-hydroxylation sites is 1. The van der Waals surface area contributed by atoms with E-state index in [-0.39, 0.29) is 5.91 Å². The van der Waals surface area contributed by atoms with Crippen molar-refractivity contribution in [1.29, 1.82) is 0 Å². The molecule has 0 saturated carbocycles. The summed E-state index contributed by atoms with van der Waals surface area (Å²) in [6.07, 6.45) is 0. The number of amides is 1. The number of carbonyl (C=O) groups excluding carboxylic acids is 1. The van der Waals surface area contributed by atoms with Crippen molar-refractivity contribution in [3.8, 4) is 16.3 Å². The van der Waals surface area contributed by atoms with Crippen LogP contribution in [0.15, 0.2) is 60.0 Å². The van der Waals surface area contributed by atoms with Crippen LogP contribution in [-0.4, -0.2) is 18.0 Å². The topological polar surface area (TPSA) is 51.2 Å². The fourth-order valence-corrected chi connectivity index (χ4v) is 2.78. The highest BCUT2D eigenvalue weighted by Gasteiger charge is 2.12. The summed E-state index contributed by atoms with van der Waals surface area (Å²) < 4.78 is 5.21. The first-order chi connectivity index (χ1) is 10.8. The van der Waals surface area contributed by atoms with Crippen molar-refractivity contribution >= 4 is 22.9 Å². The number of benzene rings is 2. The van der Waals surface area contributed by atoms with Crippen LogP contribution < -0.4 is 10.1 Å². The molecule has 1 amide bonds. The number of nitrogens with one attached hydrogen (secondary N) is 1. The minimum atomic E-state index is -0.211. The van der Waals surface area contributed by atoms with Gasteiger partial charge in [-0.3, -0.25) is 4.79 Å². The second-order valence-electron chi connectivity index (χ2n) is 4.59. The second kappa shape index (κ2) is 6.41. The summed E-state index contributed by atoms with van der Waals surface area (Å²) >= 11 is 1.43. The molecule has 0 saturated heterocycles. The first-order valence-electron chi connectivity index (χ1n) is 6.72. The maximum atomic E-state index is 12.2. The zero-order chi connectivity index (χ0) is 15.4. The van der Waals surface area contributed by atoms with Crippen LogP contribution in [0.25, 0.3) is 10.6 Å². The largest absolute Gasteiger partial charge is 0.497 e. The molecule has 1 aromatic heterocycles. The number of rotatable bonds is 4. The van der Waals surface area contributed by atoms with Crippen LogP contribution in [0.1, 0.15) is 10.5 Å². The smallest absolute Gasteiger partial charge is 0.275 e. The number of nitrogens with zero attached hydrogens (tertiary/aromatic N) is 1. The lowest BCUT2D eigenvalue weighted by atomic mass is 10.2.